The van der Waals surface area contributed by atoms with Gasteiger partial charge in [0.2, 0.25) is 0 Å². The van der Waals surface area contributed by atoms with Gasteiger partial charge >= 0.3 is 0 Å². The molecule has 3 aromatic rings. The number of anilines is 1. The molecule has 0 fully saturated rings. The van der Waals surface area contributed by atoms with Crippen LogP contribution < -0.4 is 5.32 Å². The molecule has 0 unspecified atom stereocenters. The average molecular weight is 254 g/mol. The molecule has 2 aromatic heterocycles. The lowest BCUT2D eigenvalue weighted by Crippen LogP contribution is -2.03. The molecule has 0 saturated heterocycles. The second-order valence-corrected chi connectivity index (χ2v) is 4.30. The minimum atomic E-state index is 0.755. The summed E-state index contributed by atoms with van der Waals surface area (Å²) < 4.78 is 1.66. The van der Waals surface area contributed by atoms with Crippen LogP contribution in [0.25, 0.3) is 5.69 Å². The van der Waals surface area contributed by atoms with Crippen LogP contribution in [0.1, 0.15) is 11.3 Å². The minimum Gasteiger partial charge on any atom is -0.379 e. The topological polar surface area (TPSA) is 71.4 Å². The van der Waals surface area contributed by atoms with Crippen LogP contribution in [0, 0.1) is 6.92 Å². The molecule has 6 heteroatoms. The average Bonchev–Trinajstić information content (AvgIpc) is 3.11. The van der Waals surface area contributed by atoms with Crippen molar-refractivity contribution in [3.63, 3.8) is 0 Å². The molecule has 0 saturated carbocycles. The van der Waals surface area contributed by atoms with Gasteiger partial charge in [-0.15, -0.1) is 5.10 Å². The lowest BCUT2D eigenvalue weighted by molar-refractivity contribution is 0.785. The molecule has 0 aliphatic rings. The summed E-state index contributed by atoms with van der Waals surface area (Å²) in [5, 5.41) is 14.6. The first-order valence-electron chi connectivity index (χ1n) is 6.03. The van der Waals surface area contributed by atoms with Gasteiger partial charge in [-0.2, -0.15) is 0 Å². The van der Waals surface area contributed by atoms with E-state index in [1.807, 2.05) is 43.5 Å². The van der Waals surface area contributed by atoms with E-state index < -0.39 is 0 Å². The fourth-order valence-corrected chi connectivity index (χ4v) is 1.91. The molecule has 2 N–H and O–H groups in total. The van der Waals surface area contributed by atoms with Crippen LogP contribution in [0.3, 0.4) is 0 Å². The van der Waals surface area contributed by atoms with Gasteiger partial charge in [0.25, 0.3) is 0 Å². The number of rotatable bonds is 4. The van der Waals surface area contributed by atoms with Crippen LogP contribution in [-0.4, -0.2) is 25.2 Å². The number of H-pyrrole nitrogens is 1. The molecule has 96 valence electrons. The SMILES string of the molecule is Cc1ccc(NCc2ccc[nH]2)cc1-n1cnnn1. The van der Waals surface area contributed by atoms with Gasteiger partial charge in [0.1, 0.15) is 6.33 Å². The van der Waals surface area contributed by atoms with Crippen molar-refractivity contribution in [2.24, 2.45) is 0 Å². The van der Waals surface area contributed by atoms with E-state index in [1.165, 1.54) is 0 Å². The van der Waals surface area contributed by atoms with Gasteiger partial charge in [0.15, 0.2) is 0 Å². The highest BCUT2D eigenvalue weighted by atomic mass is 15.5. The summed E-state index contributed by atoms with van der Waals surface area (Å²) in [5.41, 5.74) is 4.27. The van der Waals surface area contributed by atoms with Crippen molar-refractivity contribution < 1.29 is 0 Å². The normalized spacial score (nSPS) is 10.6. The van der Waals surface area contributed by atoms with Crippen LogP contribution in [0.4, 0.5) is 5.69 Å². The fraction of sp³-hybridized carbons (Fsp3) is 0.154. The standard InChI is InChI=1S/C13H14N6/c1-10-4-5-11(15-8-12-3-2-6-14-12)7-13(10)19-9-16-17-18-19/h2-7,9,14-15H,8H2,1H3. The van der Waals surface area contributed by atoms with Gasteiger partial charge in [0, 0.05) is 17.6 Å². The van der Waals surface area contributed by atoms with Gasteiger partial charge in [-0.1, -0.05) is 6.07 Å². The molecular weight excluding hydrogens is 240 g/mol. The Hall–Kier alpha value is -2.63. The Morgan fingerprint density at radius 1 is 1.32 bits per heavy atom. The van der Waals surface area contributed by atoms with Crippen LogP contribution in [0.2, 0.25) is 0 Å². The maximum atomic E-state index is 3.92. The molecule has 0 spiro atoms. The Morgan fingerprint density at radius 3 is 3.00 bits per heavy atom. The van der Waals surface area contributed by atoms with Crippen molar-refractivity contribution in [3.05, 3.63) is 54.1 Å². The minimum absolute atomic E-state index is 0.755. The zero-order valence-electron chi connectivity index (χ0n) is 10.5. The quantitative estimate of drug-likeness (QED) is 0.746. The number of aromatic amines is 1. The molecule has 0 radical (unpaired) electrons. The first-order valence-corrected chi connectivity index (χ1v) is 6.03. The number of tetrazole rings is 1. The predicted molar refractivity (Wildman–Crippen MR) is 72.0 cm³/mol. The van der Waals surface area contributed by atoms with E-state index in [9.17, 15) is 0 Å². The molecule has 0 atom stereocenters. The maximum absolute atomic E-state index is 3.92. The van der Waals surface area contributed by atoms with Crippen LogP contribution in [0.5, 0.6) is 0 Å². The molecule has 0 bridgehead atoms. The van der Waals surface area contributed by atoms with Crippen LogP contribution in [0.15, 0.2) is 42.9 Å². The summed E-state index contributed by atoms with van der Waals surface area (Å²) in [6, 6.07) is 10.2. The number of aryl methyl sites for hydroxylation is 1. The second-order valence-electron chi connectivity index (χ2n) is 4.30. The summed E-state index contributed by atoms with van der Waals surface area (Å²) in [6.45, 7) is 2.79. The summed E-state index contributed by atoms with van der Waals surface area (Å²) in [5.74, 6) is 0. The maximum Gasteiger partial charge on any atom is 0.143 e. The molecule has 0 amide bonds. The molecular formula is C13H14N6. The van der Waals surface area contributed by atoms with Crippen molar-refractivity contribution in [2.75, 3.05) is 5.32 Å². The van der Waals surface area contributed by atoms with E-state index in [0.29, 0.717) is 0 Å². The fourth-order valence-electron chi connectivity index (χ4n) is 1.91. The lowest BCUT2D eigenvalue weighted by atomic mass is 10.2. The Morgan fingerprint density at radius 2 is 2.26 bits per heavy atom. The Balaban J connectivity index is 1.81. The predicted octanol–water partition coefficient (Wildman–Crippen LogP) is 1.91. The van der Waals surface area contributed by atoms with Crippen molar-refractivity contribution in [3.8, 4) is 5.69 Å². The zero-order valence-corrected chi connectivity index (χ0v) is 10.5. The lowest BCUT2D eigenvalue weighted by Gasteiger charge is -2.09. The van der Waals surface area contributed by atoms with E-state index in [0.717, 1.165) is 29.2 Å². The smallest absolute Gasteiger partial charge is 0.143 e. The first kappa shape index (κ1) is 11.5. The molecule has 0 aliphatic carbocycles. The third kappa shape index (κ3) is 2.47. The molecule has 19 heavy (non-hydrogen) atoms. The number of hydrogen-bond acceptors (Lipinski definition) is 4. The van der Waals surface area contributed by atoms with Gasteiger partial charge < -0.3 is 10.3 Å². The van der Waals surface area contributed by atoms with Gasteiger partial charge in [-0.25, -0.2) is 4.68 Å². The van der Waals surface area contributed by atoms with Gasteiger partial charge in [0.05, 0.1) is 12.2 Å². The summed E-state index contributed by atoms with van der Waals surface area (Å²) in [7, 11) is 0. The number of benzene rings is 1. The number of aromatic nitrogens is 5. The molecule has 1 aromatic carbocycles. The number of hydrogen-bond donors (Lipinski definition) is 2. The highest BCUT2D eigenvalue weighted by Gasteiger charge is 2.04. The highest BCUT2D eigenvalue weighted by molar-refractivity contribution is 5.54. The molecule has 6 nitrogen and oxygen atoms in total. The first-order chi connectivity index (χ1) is 9.33. The van der Waals surface area contributed by atoms with E-state index in [-0.39, 0.29) is 0 Å². The number of nitrogens with zero attached hydrogens (tertiary/aromatic N) is 4. The molecule has 0 aliphatic heterocycles. The van der Waals surface area contributed by atoms with Crippen molar-refractivity contribution in [2.45, 2.75) is 13.5 Å². The Kier molecular flexibility index (Phi) is 2.97. The van der Waals surface area contributed by atoms with E-state index >= 15 is 0 Å². The summed E-state index contributed by atoms with van der Waals surface area (Å²) in [4.78, 5) is 3.16. The molecule has 2 heterocycles. The number of nitrogens with one attached hydrogen (secondary N) is 2. The third-order valence-corrected chi connectivity index (χ3v) is 2.95. The Labute approximate surface area is 110 Å². The largest absolute Gasteiger partial charge is 0.379 e. The second kappa shape index (κ2) is 4.93. The van der Waals surface area contributed by atoms with Gasteiger partial charge in [-0.05, 0) is 47.2 Å². The van der Waals surface area contributed by atoms with Crippen molar-refractivity contribution in [1.82, 2.24) is 25.2 Å². The van der Waals surface area contributed by atoms with Crippen molar-refractivity contribution in [1.29, 1.82) is 0 Å². The summed E-state index contributed by atoms with van der Waals surface area (Å²) in [6.07, 6.45) is 3.51. The Bertz CT molecular complexity index is 642. The third-order valence-electron chi connectivity index (χ3n) is 2.95. The van der Waals surface area contributed by atoms with E-state index in [2.05, 4.69) is 25.8 Å². The molecule has 3 rings (SSSR count). The monoisotopic (exact) mass is 254 g/mol. The van der Waals surface area contributed by atoms with Crippen molar-refractivity contribution >= 4 is 5.69 Å². The van der Waals surface area contributed by atoms with E-state index in [4.69, 9.17) is 0 Å². The van der Waals surface area contributed by atoms with E-state index in [1.54, 1.807) is 11.0 Å². The van der Waals surface area contributed by atoms with Gasteiger partial charge in [-0.3, -0.25) is 0 Å². The highest BCUT2D eigenvalue weighted by Crippen LogP contribution is 2.18. The summed E-state index contributed by atoms with van der Waals surface area (Å²) >= 11 is 0. The van der Waals surface area contributed by atoms with Crippen LogP contribution in [-0.2, 0) is 6.54 Å². The van der Waals surface area contributed by atoms with Crippen LogP contribution >= 0.6 is 0 Å². The zero-order chi connectivity index (χ0) is 13.1.